The SMILES string of the molecule is Cc1ccc(C)c(N2C(=O)S/C(=C\c3ccncc3)C2=O)c1. The Bertz CT molecular complexity index is 785. The summed E-state index contributed by atoms with van der Waals surface area (Å²) < 4.78 is 0. The van der Waals surface area contributed by atoms with Crippen molar-refractivity contribution in [2.24, 2.45) is 0 Å². The molecule has 2 aromatic rings. The van der Waals surface area contributed by atoms with Gasteiger partial charge < -0.3 is 0 Å². The summed E-state index contributed by atoms with van der Waals surface area (Å²) in [5, 5.41) is -0.265. The van der Waals surface area contributed by atoms with Crippen molar-refractivity contribution < 1.29 is 9.59 Å². The highest BCUT2D eigenvalue weighted by Crippen LogP contribution is 2.37. The monoisotopic (exact) mass is 310 g/mol. The zero-order chi connectivity index (χ0) is 15.7. The zero-order valence-electron chi connectivity index (χ0n) is 12.2. The molecule has 0 spiro atoms. The van der Waals surface area contributed by atoms with E-state index in [-0.39, 0.29) is 11.1 Å². The van der Waals surface area contributed by atoms with E-state index < -0.39 is 0 Å². The van der Waals surface area contributed by atoms with Crippen LogP contribution in [0.4, 0.5) is 10.5 Å². The van der Waals surface area contributed by atoms with Crippen LogP contribution in [0.25, 0.3) is 6.08 Å². The Morgan fingerprint density at radius 2 is 1.82 bits per heavy atom. The van der Waals surface area contributed by atoms with Gasteiger partial charge in [0, 0.05) is 12.4 Å². The fraction of sp³-hybridized carbons (Fsp3) is 0.118. The number of anilines is 1. The molecular weight excluding hydrogens is 296 g/mol. The second kappa shape index (κ2) is 5.77. The lowest BCUT2D eigenvalue weighted by molar-refractivity contribution is -0.113. The first kappa shape index (κ1) is 14.5. The van der Waals surface area contributed by atoms with Gasteiger partial charge in [-0.1, -0.05) is 12.1 Å². The van der Waals surface area contributed by atoms with Crippen LogP contribution in [-0.4, -0.2) is 16.1 Å². The standard InChI is InChI=1S/C17H14N2O2S/c1-11-3-4-12(2)14(9-11)19-16(20)15(22-17(19)21)10-13-5-7-18-8-6-13/h3-10H,1-2H3/b15-10-. The molecule has 1 fully saturated rings. The third kappa shape index (κ3) is 2.67. The molecule has 5 heteroatoms. The van der Waals surface area contributed by atoms with Gasteiger partial charge in [-0.3, -0.25) is 14.6 Å². The summed E-state index contributed by atoms with van der Waals surface area (Å²) in [5.41, 5.74) is 3.41. The van der Waals surface area contributed by atoms with Gasteiger partial charge in [-0.2, -0.15) is 0 Å². The minimum atomic E-state index is -0.277. The van der Waals surface area contributed by atoms with Gasteiger partial charge in [0.15, 0.2) is 0 Å². The largest absolute Gasteiger partial charge is 0.298 e. The number of amides is 2. The highest BCUT2D eigenvalue weighted by molar-refractivity contribution is 8.19. The third-order valence-electron chi connectivity index (χ3n) is 3.40. The van der Waals surface area contributed by atoms with E-state index in [0.717, 1.165) is 28.5 Å². The lowest BCUT2D eigenvalue weighted by Gasteiger charge is -2.15. The molecule has 1 aromatic heterocycles. The molecule has 1 aliphatic heterocycles. The maximum absolute atomic E-state index is 12.6. The number of aryl methyl sites for hydroxylation is 2. The van der Waals surface area contributed by atoms with E-state index in [9.17, 15) is 9.59 Å². The highest BCUT2D eigenvalue weighted by Gasteiger charge is 2.36. The highest BCUT2D eigenvalue weighted by atomic mass is 32.2. The summed E-state index contributed by atoms with van der Waals surface area (Å²) in [7, 11) is 0. The number of aromatic nitrogens is 1. The van der Waals surface area contributed by atoms with Gasteiger partial charge >= 0.3 is 0 Å². The third-order valence-corrected chi connectivity index (χ3v) is 4.27. The van der Waals surface area contributed by atoms with E-state index in [2.05, 4.69) is 4.98 Å². The van der Waals surface area contributed by atoms with Crippen LogP contribution in [0.15, 0.2) is 47.6 Å². The van der Waals surface area contributed by atoms with Crippen molar-refractivity contribution in [1.82, 2.24) is 4.98 Å². The van der Waals surface area contributed by atoms with E-state index >= 15 is 0 Å². The average Bonchev–Trinajstić information content (AvgIpc) is 2.77. The maximum Gasteiger partial charge on any atom is 0.298 e. The van der Waals surface area contributed by atoms with Gasteiger partial charge in [-0.15, -0.1) is 0 Å². The summed E-state index contributed by atoms with van der Waals surface area (Å²) >= 11 is 0.964. The predicted molar refractivity (Wildman–Crippen MR) is 88.6 cm³/mol. The maximum atomic E-state index is 12.6. The number of imide groups is 1. The molecule has 0 N–H and O–H groups in total. The Balaban J connectivity index is 1.99. The van der Waals surface area contributed by atoms with Gasteiger partial charge in [0.1, 0.15) is 0 Å². The molecule has 0 saturated carbocycles. The van der Waals surface area contributed by atoms with Crippen LogP contribution in [0.2, 0.25) is 0 Å². The van der Waals surface area contributed by atoms with Crippen LogP contribution in [-0.2, 0) is 4.79 Å². The Morgan fingerprint density at radius 3 is 2.55 bits per heavy atom. The molecule has 4 nitrogen and oxygen atoms in total. The second-order valence-corrected chi connectivity index (χ2v) is 6.08. The topological polar surface area (TPSA) is 50.3 Å². The van der Waals surface area contributed by atoms with Crippen molar-refractivity contribution in [3.05, 3.63) is 64.3 Å². The first-order chi connectivity index (χ1) is 10.6. The molecule has 0 aliphatic carbocycles. The van der Waals surface area contributed by atoms with E-state index in [1.54, 1.807) is 30.6 Å². The lowest BCUT2D eigenvalue weighted by Crippen LogP contribution is -2.28. The molecule has 2 heterocycles. The number of rotatable bonds is 2. The molecule has 110 valence electrons. The van der Waals surface area contributed by atoms with Crippen molar-refractivity contribution in [1.29, 1.82) is 0 Å². The smallest absolute Gasteiger partial charge is 0.268 e. The first-order valence-corrected chi connectivity index (χ1v) is 7.63. The van der Waals surface area contributed by atoms with Crippen molar-refractivity contribution in [2.45, 2.75) is 13.8 Å². The van der Waals surface area contributed by atoms with Gasteiger partial charge in [-0.25, -0.2) is 4.90 Å². The molecule has 0 radical (unpaired) electrons. The van der Waals surface area contributed by atoms with Gasteiger partial charge in [0.25, 0.3) is 11.1 Å². The minimum absolute atomic E-state index is 0.265. The molecule has 1 aromatic carbocycles. The Labute approximate surface area is 132 Å². The van der Waals surface area contributed by atoms with Crippen LogP contribution in [0, 0.1) is 13.8 Å². The van der Waals surface area contributed by atoms with Crippen LogP contribution in [0.3, 0.4) is 0 Å². The van der Waals surface area contributed by atoms with E-state index in [1.165, 1.54) is 4.90 Å². The molecule has 0 bridgehead atoms. The fourth-order valence-corrected chi connectivity index (χ4v) is 3.08. The molecule has 0 atom stereocenters. The molecular formula is C17H14N2O2S. The van der Waals surface area contributed by atoms with E-state index in [4.69, 9.17) is 0 Å². The Morgan fingerprint density at radius 1 is 1.09 bits per heavy atom. The number of pyridine rings is 1. The molecule has 1 aliphatic rings. The van der Waals surface area contributed by atoms with Crippen molar-refractivity contribution in [3.8, 4) is 0 Å². The van der Waals surface area contributed by atoms with Crippen LogP contribution < -0.4 is 4.90 Å². The van der Waals surface area contributed by atoms with Gasteiger partial charge in [0.05, 0.1) is 10.6 Å². The van der Waals surface area contributed by atoms with Crippen LogP contribution in [0.1, 0.15) is 16.7 Å². The number of nitrogens with zero attached hydrogens (tertiary/aromatic N) is 2. The number of carbonyl (C=O) groups is 2. The molecule has 2 amide bonds. The quantitative estimate of drug-likeness (QED) is 0.788. The molecule has 3 rings (SSSR count). The molecule has 22 heavy (non-hydrogen) atoms. The van der Waals surface area contributed by atoms with Crippen LogP contribution >= 0.6 is 11.8 Å². The normalized spacial score (nSPS) is 16.6. The Kier molecular flexibility index (Phi) is 3.81. The first-order valence-electron chi connectivity index (χ1n) is 6.81. The van der Waals surface area contributed by atoms with Crippen molar-refractivity contribution >= 4 is 34.7 Å². The molecule has 0 unspecified atom stereocenters. The van der Waals surface area contributed by atoms with Gasteiger partial charge in [0.2, 0.25) is 0 Å². The number of carbonyl (C=O) groups excluding carboxylic acids is 2. The van der Waals surface area contributed by atoms with Crippen molar-refractivity contribution in [2.75, 3.05) is 4.90 Å². The summed E-state index contributed by atoms with van der Waals surface area (Å²) in [4.78, 5) is 30.5. The van der Waals surface area contributed by atoms with Crippen LogP contribution in [0.5, 0.6) is 0 Å². The summed E-state index contributed by atoms with van der Waals surface area (Å²) in [6.07, 6.45) is 5.03. The number of hydrogen-bond donors (Lipinski definition) is 0. The number of hydrogen-bond acceptors (Lipinski definition) is 4. The average molecular weight is 310 g/mol. The summed E-state index contributed by atoms with van der Waals surface area (Å²) in [6, 6.07) is 9.34. The number of thioether (sulfide) groups is 1. The lowest BCUT2D eigenvalue weighted by atomic mass is 10.1. The zero-order valence-corrected chi connectivity index (χ0v) is 13.1. The predicted octanol–water partition coefficient (Wildman–Crippen LogP) is 3.94. The summed E-state index contributed by atoms with van der Waals surface area (Å²) in [5.74, 6) is -0.277. The van der Waals surface area contributed by atoms with Gasteiger partial charge in [-0.05, 0) is 66.6 Å². The van der Waals surface area contributed by atoms with Crippen molar-refractivity contribution in [3.63, 3.8) is 0 Å². The number of benzene rings is 1. The summed E-state index contributed by atoms with van der Waals surface area (Å²) in [6.45, 7) is 3.83. The molecule has 1 saturated heterocycles. The van der Waals surface area contributed by atoms with E-state index in [1.807, 2.05) is 32.0 Å². The Hall–Kier alpha value is -2.40. The second-order valence-electron chi connectivity index (χ2n) is 5.09. The minimum Gasteiger partial charge on any atom is -0.268 e. The fourth-order valence-electron chi connectivity index (χ4n) is 2.25. The van der Waals surface area contributed by atoms with E-state index in [0.29, 0.717) is 10.6 Å².